The Bertz CT molecular complexity index is 2180. The van der Waals surface area contributed by atoms with Crippen molar-refractivity contribution in [2.45, 2.75) is 19.0 Å². The van der Waals surface area contributed by atoms with E-state index in [9.17, 15) is 0 Å². The molecule has 8 aromatic rings. The van der Waals surface area contributed by atoms with E-state index in [1.165, 1.54) is 5.56 Å². The van der Waals surface area contributed by atoms with E-state index in [0.29, 0.717) is 12.4 Å². The molecule has 0 saturated carbocycles. The van der Waals surface area contributed by atoms with Gasteiger partial charge in [0.05, 0.1) is 5.52 Å². The van der Waals surface area contributed by atoms with Crippen molar-refractivity contribution >= 4 is 11.2 Å². The zero-order valence-corrected chi connectivity index (χ0v) is 25.8. The Kier molecular flexibility index (Phi) is 7.19. The van der Waals surface area contributed by atoms with E-state index in [1.807, 2.05) is 41.9 Å². The van der Waals surface area contributed by atoms with Crippen LogP contribution in [0.2, 0.25) is 0 Å². The molecule has 7 nitrogen and oxygen atoms in total. The normalized spacial score (nSPS) is 11.6. The summed E-state index contributed by atoms with van der Waals surface area (Å²) in [5, 5.41) is 13.8. The van der Waals surface area contributed by atoms with Crippen LogP contribution in [0.3, 0.4) is 0 Å². The minimum atomic E-state index is -0.833. The van der Waals surface area contributed by atoms with Crippen LogP contribution in [0, 0.1) is 6.92 Å². The Morgan fingerprint density at radius 2 is 1.17 bits per heavy atom. The molecule has 0 aliphatic rings. The maximum atomic E-state index is 4.76. The molecule has 0 atom stereocenters. The lowest BCUT2D eigenvalue weighted by molar-refractivity contribution is 0.451. The smallest absolute Gasteiger partial charge is 0.184 e. The molecule has 7 heteroatoms. The number of imidazole rings is 1. The zero-order chi connectivity index (χ0) is 31.6. The molecule has 226 valence electrons. The third-order valence-corrected chi connectivity index (χ3v) is 8.85. The second kappa shape index (κ2) is 11.9. The van der Waals surface area contributed by atoms with Crippen molar-refractivity contribution in [2.24, 2.45) is 0 Å². The monoisotopic (exact) mass is 609 g/mol. The number of benzene rings is 5. The molecule has 0 spiro atoms. The number of pyridine rings is 1. The predicted molar refractivity (Wildman–Crippen MR) is 185 cm³/mol. The van der Waals surface area contributed by atoms with Gasteiger partial charge in [0.25, 0.3) is 0 Å². The van der Waals surface area contributed by atoms with Crippen LogP contribution in [0.1, 0.15) is 28.1 Å². The first-order valence-electron chi connectivity index (χ1n) is 15.7. The number of nitrogens with zero attached hydrogens (tertiary/aromatic N) is 7. The number of hydrogen-bond acceptors (Lipinski definition) is 5. The SMILES string of the molecule is Cc1nc2ncccc2n1Cc1ccc(-c2ccccc2-c2nnnn2C(c2ccccc2)(c2ccccc2)c2ccccc2)cc1. The van der Waals surface area contributed by atoms with Crippen molar-refractivity contribution in [3.05, 3.63) is 186 Å². The van der Waals surface area contributed by atoms with Crippen LogP contribution < -0.4 is 0 Å². The molecule has 0 bridgehead atoms. The molecular weight excluding hydrogens is 578 g/mol. The molecule has 3 aromatic heterocycles. The number of aryl methyl sites for hydroxylation is 1. The molecule has 0 N–H and O–H groups in total. The Balaban J connectivity index is 1.26. The average molecular weight is 610 g/mol. The van der Waals surface area contributed by atoms with E-state index < -0.39 is 5.54 Å². The highest BCUT2D eigenvalue weighted by Crippen LogP contribution is 2.43. The quantitative estimate of drug-likeness (QED) is 0.164. The van der Waals surface area contributed by atoms with E-state index >= 15 is 0 Å². The Morgan fingerprint density at radius 1 is 0.596 bits per heavy atom. The fourth-order valence-electron chi connectivity index (χ4n) is 6.66. The third-order valence-electron chi connectivity index (χ3n) is 8.85. The van der Waals surface area contributed by atoms with E-state index in [2.05, 4.69) is 141 Å². The summed E-state index contributed by atoms with van der Waals surface area (Å²) in [5.41, 5.74) is 8.40. The number of hydrogen-bond donors (Lipinski definition) is 0. The third kappa shape index (κ3) is 4.89. The summed E-state index contributed by atoms with van der Waals surface area (Å²) in [6, 6.07) is 52.5. The van der Waals surface area contributed by atoms with Crippen LogP contribution in [0.4, 0.5) is 0 Å². The van der Waals surface area contributed by atoms with Gasteiger partial charge in [-0.15, -0.1) is 5.10 Å². The van der Waals surface area contributed by atoms with Gasteiger partial charge in [0.15, 0.2) is 11.5 Å². The van der Waals surface area contributed by atoms with E-state index in [0.717, 1.165) is 50.4 Å². The molecule has 0 fully saturated rings. The van der Waals surface area contributed by atoms with Gasteiger partial charge < -0.3 is 4.57 Å². The van der Waals surface area contributed by atoms with Crippen molar-refractivity contribution < 1.29 is 0 Å². The molecule has 5 aromatic carbocycles. The molecule has 0 saturated heterocycles. The number of fused-ring (bicyclic) bond motifs is 1. The molecule has 3 heterocycles. The van der Waals surface area contributed by atoms with Gasteiger partial charge in [0, 0.05) is 18.3 Å². The van der Waals surface area contributed by atoms with Gasteiger partial charge in [-0.05, 0) is 62.9 Å². The molecule has 8 rings (SSSR count). The van der Waals surface area contributed by atoms with Crippen molar-refractivity contribution in [1.29, 1.82) is 0 Å². The summed E-state index contributed by atoms with van der Waals surface area (Å²) >= 11 is 0. The lowest BCUT2D eigenvalue weighted by Crippen LogP contribution is -2.39. The highest BCUT2D eigenvalue weighted by molar-refractivity contribution is 5.81. The van der Waals surface area contributed by atoms with E-state index in [4.69, 9.17) is 10.3 Å². The minimum absolute atomic E-state index is 0.675. The van der Waals surface area contributed by atoms with Gasteiger partial charge in [0.1, 0.15) is 11.4 Å². The number of rotatable bonds is 8. The maximum absolute atomic E-state index is 4.76. The molecule has 0 aliphatic heterocycles. The Labute approximate surface area is 272 Å². The lowest BCUT2D eigenvalue weighted by atomic mass is 9.77. The first-order chi connectivity index (χ1) is 23.2. The first-order valence-corrected chi connectivity index (χ1v) is 15.7. The highest BCUT2D eigenvalue weighted by atomic mass is 15.6. The average Bonchev–Trinajstić information content (AvgIpc) is 3.75. The highest BCUT2D eigenvalue weighted by Gasteiger charge is 2.42. The molecule has 0 radical (unpaired) electrons. The summed E-state index contributed by atoms with van der Waals surface area (Å²) in [4.78, 5) is 9.06. The second-order valence-corrected chi connectivity index (χ2v) is 11.6. The Hall–Kier alpha value is -6.21. The van der Waals surface area contributed by atoms with Crippen LogP contribution in [0.25, 0.3) is 33.7 Å². The standard InChI is InChI=1S/C40H31N7/c1-29-42-38-37(22-13-27-41-38)46(29)28-30-23-25-31(26-24-30)35-20-11-12-21-36(35)39-43-44-45-47(39)40(32-14-5-2-6-15-32,33-16-7-3-8-17-33)34-18-9-4-10-19-34/h2-27H,28H2,1H3. The van der Waals surface area contributed by atoms with Crippen molar-refractivity contribution in [2.75, 3.05) is 0 Å². The molecule has 0 unspecified atom stereocenters. The van der Waals surface area contributed by atoms with Gasteiger partial charge in [-0.2, -0.15) is 0 Å². The van der Waals surface area contributed by atoms with Gasteiger partial charge in [-0.25, -0.2) is 14.6 Å². The van der Waals surface area contributed by atoms with Crippen molar-refractivity contribution in [1.82, 2.24) is 34.7 Å². The van der Waals surface area contributed by atoms with Gasteiger partial charge in [0.2, 0.25) is 0 Å². The summed E-state index contributed by atoms with van der Waals surface area (Å²) in [6.07, 6.45) is 1.78. The van der Waals surface area contributed by atoms with Crippen LogP contribution in [-0.4, -0.2) is 34.7 Å². The molecule has 0 amide bonds. The number of tetrazole rings is 1. The van der Waals surface area contributed by atoms with Crippen LogP contribution in [-0.2, 0) is 12.1 Å². The van der Waals surface area contributed by atoms with Gasteiger partial charge in [-0.3, -0.25) is 0 Å². The van der Waals surface area contributed by atoms with E-state index in [1.54, 1.807) is 6.20 Å². The summed E-state index contributed by atoms with van der Waals surface area (Å²) in [6.45, 7) is 2.73. The van der Waals surface area contributed by atoms with Gasteiger partial charge >= 0.3 is 0 Å². The molecule has 0 aliphatic carbocycles. The minimum Gasteiger partial charge on any atom is -0.322 e. The maximum Gasteiger partial charge on any atom is 0.184 e. The van der Waals surface area contributed by atoms with Crippen LogP contribution >= 0.6 is 0 Å². The summed E-state index contributed by atoms with van der Waals surface area (Å²) in [7, 11) is 0. The van der Waals surface area contributed by atoms with Crippen molar-refractivity contribution in [3.8, 4) is 22.5 Å². The molecular formula is C40H31N7. The summed E-state index contributed by atoms with van der Waals surface area (Å²) in [5.74, 6) is 1.62. The van der Waals surface area contributed by atoms with Crippen LogP contribution in [0.5, 0.6) is 0 Å². The zero-order valence-electron chi connectivity index (χ0n) is 25.8. The molecule has 47 heavy (non-hydrogen) atoms. The topological polar surface area (TPSA) is 74.3 Å². The van der Waals surface area contributed by atoms with Crippen LogP contribution in [0.15, 0.2) is 158 Å². The summed E-state index contributed by atoms with van der Waals surface area (Å²) < 4.78 is 4.19. The van der Waals surface area contributed by atoms with Gasteiger partial charge in [-0.1, -0.05) is 140 Å². The second-order valence-electron chi connectivity index (χ2n) is 11.6. The predicted octanol–water partition coefficient (Wildman–Crippen LogP) is 7.95. The number of aromatic nitrogens is 7. The fraction of sp³-hybridized carbons (Fsp3) is 0.0750. The van der Waals surface area contributed by atoms with E-state index in [-0.39, 0.29) is 0 Å². The van der Waals surface area contributed by atoms with Crippen molar-refractivity contribution in [3.63, 3.8) is 0 Å². The largest absolute Gasteiger partial charge is 0.322 e. The lowest BCUT2D eigenvalue weighted by Gasteiger charge is -2.36. The fourth-order valence-corrected chi connectivity index (χ4v) is 6.66. The Morgan fingerprint density at radius 3 is 1.79 bits per heavy atom. The first kappa shape index (κ1) is 28.3.